The average molecular weight is 280 g/mol. The number of carboxylic acid groups (broad SMARTS) is 1. The van der Waals surface area contributed by atoms with Gasteiger partial charge in [-0.2, -0.15) is 0 Å². The van der Waals surface area contributed by atoms with E-state index in [1.54, 1.807) is 13.8 Å². The quantitative estimate of drug-likeness (QED) is 0.675. The lowest BCUT2D eigenvalue weighted by atomic mass is 9.72. The average Bonchev–Trinajstić information content (AvgIpc) is 2.36. The fraction of sp³-hybridized carbons (Fsp3) is 0.733. The molecular weight excluding hydrogens is 256 g/mol. The van der Waals surface area contributed by atoms with Crippen molar-refractivity contribution in [3.8, 4) is 12.3 Å². The summed E-state index contributed by atoms with van der Waals surface area (Å²) in [5.74, 6) is 1.68. The van der Waals surface area contributed by atoms with Crippen LogP contribution in [0.2, 0.25) is 0 Å². The van der Waals surface area contributed by atoms with Gasteiger partial charge < -0.3 is 15.7 Å². The molecule has 0 aromatic carbocycles. The van der Waals surface area contributed by atoms with Crippen LogP contribution < -0.4 is 10.6 Å². The highest BCUT2D eigenvalue weighted by atomic mass is 16.4. The number of urea groups is 1. The highest BCUT2D eigenvalue weighted by Gasteiger charge is 2.35. The number of rotatable bonds is 5. The lowest BCUT2D eigenvalue weighted by molar-refractivity contribution is -0.140. The van der Waals surface area contributed by atoms with Gasteiger partial charge in [-0.05, 0) is 32.1 Å². The maximum Gasteiger partial charge on any atom is 0.315 e. The van der Waals surface area contributed by atoms with Crippen molar-refractivity contribution >= 4 is 12.0 Å². The normalized spacial score (nSPS) is 17.9. The van der Waals surface area contributed by atoms with E-state index < -0.39 is 11.5 Å². The smallest absolute Gasteiger partial charge is 0.315 e. The third-order valence-corrected chi connectivity index (χ3v) is 3.85. The van der Waals surface area contributed by atoms with Crippen LogP contribution in [0.4, 0.5) is 4.79 Å². The molecule has 112 valence electrons. The Balaban J connectivity index is 2.56. The molecule has 5 nitrogen and oxygen atoms in total. The number of nitrogens with one attached hydrogen (secondary N) is 2. The zero-order valence-electron chi connectivity index (χ0n) is 12.3. The lowest BCUT2D eigenvalue weighted by Gasteiger charge is -2.36. The van der Waals surface area contributed by atoms with Gasteiger partial charge in [0, 0.05) is 6.54 Å². The first-order chi connectivity index (χ1) is 9.29. The van der Waals surface area contributed by atoms with Gasteiger partial charge in [-0.15, -0.1) is 6.42 Å². The lowest BCUT2D eigenvalue weighted by Crippen LogP contribution is -2.50. The molecule has 0 aliphatic heterocycles. The minimum absolute atomic E-state index is 0.103. The van der Waals surface area contributed by atoms with Gasteiger partial charge in [0.15, 0.2) is 0 Å². The number of terminal acetylenes is 1. The molecule has 2 amide bonds. The Morgan fingerprint density at radius 3 is 2.40 bits per heavy atom. The molecule has 0 saturated heterocycles. The number of carbonyl (C=O) groups is 2. The van der Waals surface area contributed by atoms with E-state index in [9.17, 15) is 9.59 Å². The molecule has 5 heteroatoms. The minimum Gasteiger partial charge on any atom is -0.481 e. The predicted octanol–water partition coefficient (Wildman–Crippen LogP) is 2.12. The summed E-state index contributed by atoms with van der Waals surface area (Å²) in [6.45, 7) is 3.85. The largest absolute Gasteiger partial charge is 0.481 e. The van der Waals surface area contributed by atoms with Gasteiger partial charge >= 0.3 is 12.0 Å². The van der Waals surface area contributed by atoms with Crippen LogP contribution in [0.15, 0.2) is 0 Å². The molecule has 0 aromatic rings. The van der Waals surface area contributed by atoms with E-state index in [0.717, 1.165) is 32.1 Å². The first-order valence-electron chi connectivity index (χ1n) is 7.04. The van der Waals surface area contributed by atoms with Gasteiger partial charge in [-0.1, -0.05) is 25.2 Å². The maximum absolute atomic E-state index is 11.8. The second-order valence-corrected chi connectivity index (χ2v) is 6.21. The van der Waals surface area contributed by atoms with Gasteiger partial charge in [0.05, 0.1) is 12.0 Å². The first-order valence-corrected chi connectivity index (χ1v) is 7.04. The van der Waals surface area contributed by atoms with E-state index in [1.165, 1.54) is 0 Å². The Labute approximate surface area is 120 Å². The summed E-state index contributed by atoms with van der Waals surface area (Å²) in [6, 6.07) is -0.344. The van der Waals surface area contributed by atoms with Crippen molar-refractivity contribution in [3.63, 3.8) is 0 Å². The molecule has 0 atom stereocenters. The second kappa shape index (κ2) is 6.65. The molecule has 0 unspecified atom stereocenters. The molecule has 0 heterocycles. The van der Waals surface area contributed by atoms with E-state index in [1.807, 2.05) is 0 Å². The number of amides is 2. The van der Waals surface area contributed by atoms with E-state index in [4.69, 9.17) is 11.5 Å². The molecule has 20 heavy (non-hydrogen) atoms. The van der Waals surface area contributed by atoms with Crippen molar-refractivity contribution < 1.29 is 14.7 Å². The molecule has 0 aromatic heterocycles. The van der Waals surface area contributed by atoms with Crippen LogP contribution in [0.1, 0.15) is 52.4 Å². The van der Waals surface area contributed by atoms with Crippen LogP contribution in [-0.4, -0.2) is 29.2 Å². The zero-order chi connectivity index (χ0) is 15.2. The fourth-order valence-corrected chi connectivity index (χ4v) is 2.67. The Morgan fingerprint density at radius 1 is 1.30 bits per heavy atom. The van der Waals surface area contributed by atoms with Crippen LogP contribution in [0.5, 0.6) is 0 Å². The van der Waals surface area contributed by atoms with Gasteiger partial charge in [-0.25, -0.2) is 4.79 Å². The highest BCUT2D eigenvalue weighted by molar-refractivity contribution is 5.75. The standard InChI is InChI=1S/C15H24N2O3/c1-4-14(2,3)17-13(20)16-11-15(10-12(18)19)8-6-5-7-9-15/h1H,5-11H2,2-3H3,(H,18,19)(H2,16,17,20). The molecule has 3 N–H and O–H groups in total. The molecule has 1 aliphatic carbocycles. The minimum atomic E-state index is -0.807. The molecule has 1 aliphatic rings. The van der Waals surface area contributed by atoms with Gasteiger partial charge in [-0.3, -0.25) is 4.79 Å². The summed E-state index contributed by atoms with van der Waals surface area (Å²) in [5, 5.41) is 14.5. The number of carbonyl (C=O) groups excluding carboxylic acids is 1. The third-order valence-electron chi connectivity index (χ3n) is 3.85. The molecule has 0 bridgehead atoms. The van der Waals surface area contributed by atoms with E-state index in [2.05, 4.69) is 16.6 Å². The molecule has 1 rings (SSSR count). The van der Waals surface area contributed by atoms with Crippen LogP contribution in [0.3, 0.4) is 0 Å². The van der Waals surface area contributed by atoms with Gasteiger partial charge in [0.25, 0.3) is 0 Å². The number of carboxylic acids is 1. The van der Waals surface area contributed by atoms with E-state index in [0.29, 0.717) is 6.54 Å². The Hall–Kier alpha value is -1.70. The molecule has 0 radical (unpaired) electrons. The predicted molar refractivity (Wildman–Crippen MR) is 77.2 cm³/mol. The Kier molecular flexibility index (Phi) is 5.43. The Morgan fingerprint density at radius 2 is 1.90 bits per heavy atom. The number of aliphatic carboxylic acids is 1. The van der Waals surface area contributed by atoms with Crippen molar-refractivity contribution in [1.29, 1.82) is 0 Å². The van der Waals surface area contributed by atoms with Crippen molar-refractivity contribution in [2.75, 3.05) is 6.54 Å². The number of hydrogen-bond donors (Lipinski definition) is 3. The molecule has 0 spiro atoms. The summed E-state index contributed by atoms with van der Waals surface area (Å²) < 4.78 is 0. The summed E-state index contributed by atoms with van der Waals surface area (Å²) >= 11 is 0. The van der Waals surface area contributed by atoms with Crippen molar-refractivity contribution in [3.05, 3.63) is 0 Å². The molecular formula is C15H24N2O3. The van der Waals surface area contributed by atoms with Crippen molar-refractivity contribution in [2.45, 2.75) is 57.9 Å². The van der Waals surface area contributed by atoms with Crippen LogP contribution in [0.25, 0.3) is 0 Å². The van der Waals surface area contributed by atoms with Gasteiger partial charge in [0.2, 0.25) is 0 Å². The van der Waals surface area contributed by atoms with Crippen LogP contribution in [0, 0.1) is 17.8 Å². The first kappa shape index (κ1) is 16.4. The third kappa shape index (κ3) is 5.12. The number of hydrogen-bond acceptors (Lipinski definition) is 2. The highest BCUT2D eigenvalue weighted by Crippen LogP contribution is 2.38. The molecule has 1 fully saturated rings. The molecule has 1 saturated carbocycles. The summed E-state index contributed by atoms with van der Waals surface area (Å²) in [5.41, 5.74) is -1.03. The van der Waals surface area contributed by atoms with E-state index in [-0.39, 0.29) is 17.9 Å². The SMILES string of the molecule is C#CC(C)(C)NC(=O)NCC1(CC(=O)O)CCCCC1. The Bertz CT molecular complexity index is 404. The fourth-order valence-electron chi connectivity index (χ4n) is 2.67. The second-order valence-electron chi connectivity index (χ2n) is 6.21. The van der Waals surface area contributed by atoms with Crippen molar-refractivity contribution in [2.24, 2.45) is 5.41 Å². The van der Waals surface area contributed by atoms with E-state index >= 15 is 0 Å². The van der Waals surface area contributed by atoms with Crippen LogP contribution >= 0.6 is 0 Å². The van der Waals surface area contributed by atoms with Crippen LogP contribution in [-0.2, 0) is 4.79 Å². The van der Waals surface area contributed by atoms with Crippen molar-refractivity contribution in [1.82, 2.24) is 10.6 Å². The zero-order valence-corrected chi connectivity index (χ0v) is 12.3. The van der Waals surface area contributed by atoms with Gasteiger partial charge in [0.1, 0.15) is 0 Å². The summed E-state index contributed by atoms with van der Waals surface area (Å²) in [6.07, 6.45) is 10.3. The monoisotopic (exact) mass is 280 g/mol. The maximum atomic E-state index is 11.8. The summed E-state index contributed by atoms with van der Waals surface area (Å²) in [4.78, 5) is 22.9. The topological polar surface area (TPSA) is 78.4 Å². The summed E-state index contributed by atoms with van der Waals surface area (Å²) in [7, 11) is 0.